The molecule has 12 heavy (non-hydrogen) atoms. The van der Waals surface area contributed by atoms with Gasteiger partial charge in [0, 0.05) is 5.70 Å². The first-order valence-electron chi connectivity index (χ1n) is 4.28. The molecule has 1 fully saturated rings. The predicted molar refractivity (Wildman–Crippen MR) is 50.7 cm³/mol. The molecular formula is C11H13N. The summed E-state index contributed by atoms with van der Waals surface area (Å²) >= 11 is 0. The summed E-state index contributed by atoms with van der Waals surface area (Å²) in [6, 6.07) is 11.0. The van der Waals surface area contributed by atoms with Gasteiger partial charge in [0.2, 0.25) is 0 Å². The van der Waals surface area contributed by atoms with Crippen LogP contribution < -0.4 is 0 Å². The van der Waals surface area contributed by atoms with Crippen molar-refractivity contribution in [2.75, 3.05) is 6.54 Å². The van der Waals surface area contributed by atoms with Crippen LogP contribution >= 0.6 is 0 Å². The van der Waals surface area contributed by atoms with Gasteiger partial charge in [0.1, 0.15) is 0 Å². The highest BCUT2D eigenvalue weighted by Crippen LogP contribution is 2.32. The Morgan fingerprint density at radius 2 is 1.92 bits per heavy atom. The topological polar surface area (TPSA) is 3.01 Å². The average Bonchev–Trinajstić information content (AvgIpc) is 2.83. The molecule has 1 atom stereocenters. The maximum Gasteiger partial charge on any atom is 0.0576 e. The summed E-state index contributed by atoms with van der Waals surface area (Å²) in [5.74, 6) is 0. The summed E-state index contributed by atoms with van der Waals surface area (Å²) in [6.45, 7) is 7.20. The number of nitrogens with zero attached hydrogens (tertiary/aromatic N) is 1. The summed E-state index contributed by atoms with van der Waals surface area (Å²) in [5.41, 5.74) is 2.63. The SMILES string of the molecule is C=C1CN1[C@@H](C)c1ccccc1. The van der Waals surface area contributed by atoms with E-state index < -0.39 is 0 Å². The van der Waals surface area contributed by atoms with Crippen molar-refractivity contribution in [2.24, 2.45) is 0 Å². The van der Waals surface area contributed by atoms with Crippen molar-refractivity contribution < 1.29 is 0 Å². The number of benzene rings is 1. The lowest BCUT2D eigenvalue weighted by Crippen LogP contribution is -2.03. The van der Waals surface area contributed by atoms with E-state index in [1.807, 2.05) is 6.07 Å². The Morgan fingerprint density at radius 3 is 2.42 bits per heavy atom. The molecule has 0 bridgehead atoms. The number of rotatable bonds is 2. The smallest absolute Gasteiger partial charge is 0.0576 e. The number of hydrogen-bond donors (Lipinski definition) is 0. The Labute approximate surface area is 73.3 Å². The van der Waals surface area contributed by atoms with Gasteiger partial charge in [-0.05, 0) is 12.5 Å². The van der Waals surface area contributed by atoms with Crippen molar-refractivity contribution in [3.05, 3.63) is 48.2 Å². The minimum absolute atomic E-state index is 0.499. The molecule has 1 aliphatic heterocycles. The lowest BCUT2D eigenvalue weighted by molar-refractivity contribution is 0.464. The molecule has 62 valence electrons. The Balaban J connectivity index is 2.15. The Morgan fingerprint density at radius 1 is 1.33 bits per heavy atom. The minimum atomic E-state index is 0.499. The summed E-state index contributed by atoms with van der Waals surface area (Å²) in [6.07, 6.45) is 0. The van der Waals surface area contributed by atoms with Gasteiger partial charge in [-0.2, -0.15) is 0 Å². The van der Waals surface area contributed by atoms with E-state index in [0.29, 0.717) is 6.04 Å². The fraction of sp³-hybridized carbons (Fsp3) is 0.273. The first-order valence-corrected chi connectivity index (χ1v) is 4.28. The third kappa shape index (κ3) is 1.22. The zero-order valence-corrected chi connectivity index (χ0v) is 7.33. The van der Waals surface area contributed by atoms with Gasteiger partial charge in [-0.15, -0.1) is 0 Å². The van der Waals surface area contributed by atoms with Crippen LogP contribution in [0.15, 0.2) is 42.6 Å². The van der Waals surface area contributed by atoms with E-state index in [2.05, 4.69) is 42.7 Å². The van der Waals surface area contributed by atoms with Crippen LogP contribution in [0.5, 0.6) is 0 Å². The van der Waals surface area contributed by atoms with Gasteiger partial charge in [0.25, 0.3) is 0 Å². The Hall–Kier alpha value is -1.24. The van der Waals surface area contributed by atoms with Crippen molar-refractivity contribution in [3.63, 3.8) is 0 Å². The van der Waals surface area contributed by atoms with E-state index in [-0.39, 0.29) is 0 Å². The lowest BCUT2D eigenvalue weighted by atomic mass is 10.1. The van der Waals surface area contributed by atoms with Crippen LogP contribution in [0.1, 0.15) is 18.5 Å². The van der Waals surface area contributed by atoms with Crippen LogP contribution in [-0.4, -0.2) is 11.4 Å². The molecule has 0 N–H and O–H groups in total. The zero-order valence-electron chi connectivity index (χ0n) is 7.33. The second kappa shape index (κ2) is 2.67. The van der Waals surface area contributed by atoms with E-state index in [1.165, 1.54) is 11.3 Å². The van der Waals surface area contributed by atoms with Crippen LogP contribution in [0, 0.1) is 0 Å². The molecule has 1 heteroatoms. The molecule has 1 aromatic carbocycles. The zero-order chi connectivity index (χ0) is 8.55. The second-order valence-corrected chi connectivity index (χ2v) is 3.28. The van der Waals surface area contributed by atoms with E-state index in [9.17, 15) is 0 Å². The maximum atomic E-state index is 3.92. The van der Waals surface area contributed by atoms with Gasteiger partial charge in [-0.25, -0.2) is 0 Å². The summed E-state index contributed by atoms with van der Waals surface area (Å²) < 4.78 is 0. The fourth-order valence-electron chi connectivity index (χ4n) is 1.48. The molecule has 0 unspecified atom stereocenters. The molecule has 0 amide bonds. The van der Waals surface area contributed by atoms with Crippen LogP contribution in [0.25, 0.3) is 0 Å². The first kappa shape index (κ1) is 7.41. The third-order valence-corrected chi connectivity index (χ3v) is 2.41. The molecule has 0 aliphatic carbocycles. The molecular weight excluding hydrogens is 146 g/mol. The molecule has 0 radical (unpaired) electrons. The lowest BCUT2D eigenvalue weighted by Gasteiger charge is -2.12. The molecule has 0 saturated carbocycles. The molecule has 1 heterocycles. The van der Waals surface area contributed by atoms with Gasteiger partial charge in [-0.3, -0.25) is 0 Å². The van der Waals surface area contributed by atoms with Crippen molar-refractivity contribution in [3.8, 4) is 0 Å². The van der Waals surface area contributed by atoms with Gasteiger partial charge < -0.3 is 4.90 Å². The van der Waals surface area contributed by atoms with Gasteiger partial charge in [0.05, 0.1) is 12.6 Å². The van der Waals surface area contributed by atoms with Gasteiger partial charge in [-0.1, -0.05) is 36.9 Å². The van der Waals surface area contributed by atoms with Crippen LogP contribution in [-0.2, 0) is 0 Å². The minimum Gasteiger partial charge on any atom is -0.361 e. The van der Waals surface area contributed by atoms with E-state index in [1.54, 1.807) is 0 Å². The van der Waals surface area contributed by atoms with Crippen molar-refractivity contribution >= 4 is 0 Å². The molecule has 1 aliphatic rings. The molecule has 0 aromatic heterocycles. The largest absolute Gasteiger partial charge is 0.361 e. The summed E-state index contributed by atoms with van der Waals surface area (Å²) in [7, 11) is 0. The molecule has 0 spiro atoms. The number of hydrogen-bond acceptors (Lipinski definition) is 1. The molecule has 1 aromatic rings. The Kier molecular flexibility index (Phi) is 1.65. The molecule has 1 saturated heterocycles. The van der Waals surface area contributed by atoms with Gasteiger partial charge >= 0.3 is 0 Å². The van der Waals surface area contributed by atoms with Crippen molar-refractivity contribution in [1.29, 1.82) is 0 Å². The highest BCUT2D eigenvalue weighted by Gasteiger charge is 2.28. The summed E-state index contributed by atoms with van der Waals surface area (Å²) in [4.78, 5) is 2.30. The molecule has 1 nitrogen and oxygen atoms in total. The fourth-order valence-corrected chi connectivity index (χ4v) is 1.48. The maximum absolute atomic E-state index is 3.92. The molecule has 2 rings (SSSR count). The first-order chi connectivity index (χ1) is 5.79. The van der Waals surface area contributed by atoms with E-state index >= 15 is 0 Å². The quantitative estimate of drug-likeness (QED) is 0.599. The standard InChI is InChI=1S/C11H13N/c1-9-8-12(9)10(2)11-6-4-3-5-7-11/h3-7,10H,1,8H2,2H3/t10-,12?/m0/s1. The third-order valence-electron chi connectivity index (χ3n) is 2.41. The van der Waals surface area contributed by atoms with E-state index in [4.69, 9.17) is 0 Å². The normalized spacial score (nSPS) is 17.8. The van der Waals surface area contributed by atoms with E-state index in [0.717, 1.165) is 6.54 Å². The van der Waals surface area contributed by atoms with Gasteiger partial charge in [0.15, 0.2) is 0 Å². The Bertz CT molecular complexity index is 289. The summed E-state index contributed by atoms with van der Waals surface area (Å²) in [5, 5.41) is 0. The van der Waals surface area contributed by atoms with Crippen molar-refractivity contribution in [2.45, 2.75) is 13.0 Å². The monoisotopic (exact) mass is 159 g/mol. The van der Waals surface area contributed by atoms with Crippen LogP contribution in [0.2, 0.25) is 0 Å². The van der Waals surface area contributed by atoms with Crippen LogP contribution in [0.4, 0.5) is 0 Å². The highest BCUT2D eigenvalue weighted by molar-refractivity contribution is 5.25. The van der Waals surface area contributed by atoms with Crippen LogP contribution in [0.3, 0.4) is 0 Å². The highest BCUT2D eigenvalue weighted by atomic mass is 15.3. The average molecular weight is 159 g/mol. The van der Waals surface area contributed by atoms with Crippen molar-refractivity contribution in [1.82, 2.24) is 4.90 Å². The predicted octanol–water partition coefficient (Wildman–Crippen LogP) is 2.58. The second-order valence-electron chi connectivity index (χ2n) is 3.28.